The molecular formula is C25H30FN3O4S. The van der Waals surface area contributed by atoms with Crippen LogP contribution in [0.15, 0.2) is 36.0 Å². The first-order valence-corrected chi connectivity index (χ1v) is 13.6. The Bertz CT molecular complexity index is 1220. The predicted molar refractivity (Wildman–Crippen MR) is 126 cm³/mol. The molecule has 1 aromatic carbocycles. The van der Waals surface area contributed by atoms with Crippen molar-refractivity contribution in [2.24, 2.45) is 5.41 Å². The number of aromatic nitrogens is 2. The van der Waals surface area contributed by atoms with Crippen molar-refractivity contribution < 1.29 is 22.3 Å². The molecule has 9 heteroatoms. The number of benzene rings is 1. The second-order valence-electron chi connectivity index (χ2n) is 9.46. The van der Waals surface area contributed by atoms with E-state index in [4.69, 9.17) is 4.74 Å². The topological polar surface area (TPSA) is 81.5 Å². The van der Waals surface area contributed by atoms with E-state index in [9.17, 15) is 17.6 Å². The molecule has 7 nitrogen and oxygen atoms in total. The monoisotopic (exact) mass is 487 g/mol. The highest BCUT2D eigenvalue weighted by molar-refractivity contribution is 7.89. The van der Waals surface area contributed by atoms with Gasteiger partial charge >= 0.3 is 5.97 Å². The second-order valence-corrected chi connectivity index (χ2v) is 11.7. The zero-order valence-corrected chi connectivity index (χ0v) is 20.2. The van der Waals surface area contributed by atoms with Gasteiger partial charge in [0.2, 0.25) is 10.0 Å². The van der Waals surface area contributed by atoms with Gasteiger partial charge in [-0.05, 0) is 81.4 Å². The highest BCUT2D eigenvalue weighted by atomic mass is 32.2. The average Bonchev–Trinajstić information content (AvgIpc) is 3.25. The zero-order chi connectivity index (χ0) is 23.9. The highest BCUT2D eigenvalue weighted by Crippen LogP contribution is 2.50. The minimum absolute atomic E-state index is 0.220. The van der Waals surface area contributed by atoms with Crippen molar-refractivity contribution in [1.82, 2.24) is 14.1 Å². The molecular weight excluding hydrogens is 457 g/mol. The molecule has 2 aromatic rings. The summed E-state index contributed by atoms with van der Waals surface area (Å²) in [4.78, 5) is 13.4. The Morgan fingerprint density at radius 3 is 2.65 bits per heavy atom. The molecule has 0 N–H and O–H groups in total. The van der Waals surface area contributed by atoms with Crippen LogP contribution < -0.4 is 0 Å². The summed E-state index contributed by atoms with van der Waals surface area (Å²) in [6.07, 6.45) is 8.05. The molecule has 3 aliphatic rings. The minimum atomic E-state index is -3.50. The van der Waals surface area contributed by atoms with Gasteiger partial charge in [0.25, 0.3) is 0 Å². The molecule has 2 fully saturated rings. The maximum atomic E-state index is 13.5. The lowest BCUT2D eigenvalue weighted by Crippen LogP contribution is -2.50. The number of carbonyl (C=O) groups is 1. The molecule has 0 unspecified atom stereocenters. The predicted octanol–water partition coefficient (Wildman–Crippen LogP) is 3.87. The zero-order valence-electron chi connectivity index (χ0n) is 19.4. The number of fused-ring (bicyclic) bond motifs is 2. The summed E-state index contributed by atoms with van der Waals surface area (Å²) in [5.41, 5.74) is 2.32. The number of hydrogen-bond donors (Lipinski definition) is 0. The van der Waals surface area contributed by atoms with Crippen LogP contribution in [0, 0.1) is 11.2 Å². The van der Waals surface area contributed by atoms with Crippen molar-refractivity contribution in [3.8, 4) is 5.69 Å². The quantitative estimate of drug-likeness (QED) is 0.598. The third-order valence-electron chi connectivity index (χ3n) is 7.45. The second kappa shape index (κ2) is 8.92. The number of carbonyl (C=O) groups excluding carboxylic acids is 1. The third-order valence-corrected chi connectivity index (χ3v) is 9.78. The van der Waals surface area contributed by atoms with Crippen LogP contribution in [0.25, 0.3) is 11.8 Å². The summed E-state index contributed by atoms with van der Waals surface area (Å²) < 4.78 is 49.3. The van der Waals surface area contributed by atoms with Gasteiger partial charge in [-0.2, -0.15) is 5.10 Å². The van der Waals surface area contributed by atoms with Crippen molar-refractivity contribution in [2.75, 3.05) is 19.7 Å². The van der Waals surface area contributed by atoms with E-state index in [0.717, 1.165) is 41.8 Å². The highest BCUT2D eigenvalue weighted by Gasteiger charge is 2.53. The van der Waals surface area contributed by atoms with Crippen molar-refractivity contribution in [3.63, 3.8) is 0 Å². The van der Waals surface area contributed by atoms with Gasteiger partial charge in [-0.3, -0.25) is 4.79 Å². The molecule has 34 heavy (non-hydrogen) atoms. The summed E-state index contributed by atoms with van der Waals surface area (Å²) in [7, 11) is -3.50. The Morgan fingerprint density at radius 1 is 1.21 bits per heavy atom. The lowest BCUT2D eigenvalue weighted by molar-refractivity contribution is -0.154. The van der Waals surface area contributed by atoms with Crippen LogP contribution in [0.2, 0.25) is 0 Å². The fraction of sp³-hybridized carbons (Fsp3) is 0.520. The summed E-state index contributed by atoms with van der Waals surface area (Å²) >= 11 is 0. The van der Waals surface area contributed by atoms with Crippen LogP contribution >= 0.6 is 0 Å². The number of esters is 1. The van der Waals surface area contributed by atoms with Gasteiger partial charge in [0.1, 0.15) is 5.82 Å². The van der Waals surface area contributed by atoms with Gasteiger partial charge in [0.05, 0.1) is 34.8 Å². The Balaban J connectivity index is 1.52. The first-order chi connectivity index (χ1) is 16.3. The first-order valence-electron chi connectivity index (χ1n) is 12.1. The Hall–Kier alpha value is -2.52. The summed E-state index contributed by atoms with van der Waals surface area (Å²) in [5.74, 6) is -0.683. The van der Waals surface area contributed by atoms with Crippen LogP contribution in [0.1, 0.15) is 56.7 Å². The Morgan fingerprint density at radius 2 is 1.94 bits per heavy atom. The smallest absolute Gasteiger partial charge is 0.316 e. The molecule has 2 heterocycles. The molecule has 2 aliphatic carbocycles. The van der Waals surface area contributed by atoms with Gasteiger partial charge < -0.3 is 4.74 Å². The molecule has 0 bridgehead atoms. The van der Waals surface area contributed by atoms with E-state index in [-0.39, 0.29) is 24.8 Å². The van der Waals surface area contributed by atoms with Gasteiger partial charge in [0.15, 0.2) is 0 Å². The van der Waals surface area contributed by atoms with E-state index in [1.165, 1.54) is 12.1 Å². The van der Waals surface area contributed by atoms with Crippen LogP contribution in [-0.2, 0) is 26.0 Å². The van der Waals surface area contributed by atoms with E-state index in [0.29, 0.717) is 32.4 Å². The molecule has 0 spiro atoms. The summed E-state index contributed by atoms with van der Waals surface area (Å²) in [5, 5.41) is 3.89. The van der Waals surface area contributed by atoms with E-state index in [1.54, 1.807) is 34.2 Å². The fourth-order valence-electron chi connectivity index (χ4n) is 5.67. The maximum absolute atomic E-state index is 13.5. The van der Waals surface area contributed by atoms with Crippen molar-refractivity contribution in [3.05, 3.63) is 53.1 Å². The molecule has 2 atom stereocenters. The molecule has 0 radical (unpaired) electrons. The summed E-state index contributed by atoms with van der Waals surface area (Å²) in [6.45, 7) is 3.12. The van der Waals surface area contributed by atoms with Crippen LogP contribution in [0.4, 0.5) is 4.39 Å². The van der Waals surface area contributed by atoms with Gasteiger partial charge in [0, 0.05) is 13.1 Å². The molecule has 1 aliphatic heterocycles. The van der Waals surface area contributed by atoms with E-state index >= 15 is 0 Å². The van der Waals surface area contributed by atoms with Gasteiger partial charge in [-0.15, -0.1) is 0 Å². The lowest BCUT2D eigenvalue weighted by Gasteiger charge is -2.44. The normalized spacial score (nSPS) is 25.2. The molecule has 1 saturated heterocycles. The molecule has 1 aromatic heterocycles. The molecule has 182 valence electrons. The van der Waals surface area contributed by atoms with Crippen LogP contribution in [0.3, 0.4) is 0 Å². The van der Waals surface area contributed by atoms with E-state index in [1.807, 2.05) is 6.08 Å². The Labute approximate surface area is 199 Å². The first kappa shape index (κ1) is 23.2. The lowest BCUT2D eigenvalue weighted by atomic mass is 9.64. The van der Waals surface area contributed by atoms with Crippen molar-refractivity contribution in [1.29, 1.82) is 0 Å². The number of sulfonamides is 1. The largest absolute Gasteiger partial charge is 0.465 e. The number of piperidine rings is 1. The minimum Gasteiger partial charge on any atom is -0.465 e. The average molecular weight is 488 g/mol. The number of nitrogens with zero attached hydrogens (tertiary/aromatic N) is 3. The van der Waals surface area contributed by atoms with Gasteiger partial charge in [-0.1, -0.05) is 12.0 Å². The number of rotatable bonds is 5. The molecule has 1 saturated carbocycles. The maximum Gasteiger partial charge on any atom is 0.316 e. The van der Waals surface area contributed by atoms with E-state index < -0.39 is 20.7 Å². The van der Waals surface area contributed by atoms with Crippen LogP contribution in [-0.4, -0.2) is 53.4 Å². The summed E-state index contributed by atoms with van der Waals surface area (Å²) in [6, 6.07) is 6.10. The van der Waals surface area contributed by atoms with Crippen LogP contribution in [0.5, 0.6) is 0 Å². The number of halogens is 1. The standard InChI is InChI=1S/C25H30FN3O4S/c1-2-33-24(30)25-15-18-17-27-29(21-9-7-20(26)8-10-21)23(18)14-19(25)6-11-22(16-25)34(31,32)28-12-4-3-5-13-28/h7-10,14,17,22H,2-6,11-13,15-16H2,1H3/t22-,25-/m0/s1. The Kier molecular flexibility index (Phi) is 6.10. The number of hydrogen-bond acceptors (Lipinski definition) is 5. The SMILES string of the molecule is CCOC(=O)[C@]12Cc3cnn(-c4ccc(F)cc4)c3C=C1CC[C@H](S(=O)(=O)N1CCCCC1)C2. The molecule has 5 rings (SSSR count). The number of ether oxygens (including phenoxy) is 1. The van der Waals surface area contributed by atoms with Gasteiger partial charge in [-0.25, -0.2) is 21.8 Å². The van der Waals surface area contributed by atoms with E-state index in [2.05, 4.69) is 5.10 Å². The molecule has 0 amide bonds. The third kappa shape index (κ3) is 3.88. The van der Waals surface area contributed by atoms with Crippen molar-refractivity contribution in [2.45, 2.75) is 57.1 Å². The van der Waals surface area contributed by atoms with Crippen molar-refractivity contribution >= 4 is 22.1 Å². The fourth-order valence-corrected chi connectivity index (χ4v) is 7.77.